The Balaban J connectivity index is 1.62. The average Bonchev–Trinajstić information content (AvgIpc) is 3.01. The highest BCUT2D eigenvalue weighted by atomic mass is 16.5. The fourth-order valence-electron chi connectivity index (χ4n) is 3.23. The molecule has 0 fully saturated rings. The van der Waals surface area contributed by atoms with E-state index >= 15 is 0 Å². The van der Waals surface area contributed by atoms with Crippen molar-refractivity contribution < 1.29 is 9.53 Å². The number of rotatable bonds is 8. The number of hydrogen-bond acceptors (Lipinski definition) is 3. The normalized spacial score (nSPS) is 12.1. The maximum atomic E-state index is 11.4. The van der Waals surface area contributed by atoms with E-state index in [0.717, 1.165) is 42.0 Å². The lowest BCUT2D eigenvalue weighted by Crippen LogP contribution is -2.26. The number of carbonyl (C=O) groups excluding carboxylic acids is 1. The van der Waals surface area contributed by atoms with Crippen LogP contribution in [0.15, 0.2) is 48.5 Å². The second kappa shape index (κ2) is 8.71. The van der Waals surface area contributed by atoms with Crippen molar-refractivity contribution in [2.24, 2.45) is 0 Å². The number of hydrogen-bond donors (Lipinski definition) is 1. The zero-order valence-corrected chi connectivity index (χ0v) is 16.2. The molecule has 0 saturated heterocycles. The fraction of sp³-hybridized carbons (Fsp3) is 0.364. The van der Waals surface area contributed by atoms with Crippen LogP contribution in [-0.2, 0) is 11.3 Å². The summed E-state index contributed by atoms with van der Waals surface area (Å²) in [5, 5.41) is 2.94. The largest absolute Gasteiger partial charge is 0.494 e. The van der Waals surface area contributed by atoms with E-state index in [9.17, 15) is 4.79 Å². The van der Waals surface area contributed by atoms with Crippen LogP contribution in [0, 0.1) is 6.92 Å². The summed E-state index contributed by atoms with van der Waals surface area (Å²) in [6.45, 7) is 7.10. The zero-order valence-electron chi connectivity index (χ0n) is 16.2. The molecule has 1 atom stereocenters. The third-order valence-electron chi connectivity index (χ3n) is 4.56. The first-order chi connectivity index (χ1) is 13.0. The molecule has 1 aromatic heterocycles. The van der Waals surface area contributed by atoms with Crippen LogP contribution in [0.5, 0.6) is 5.75 Å². The molecule has 1 unspecified atom stereocenters. The third kappa shape index (κ3) is 4.88. The molecule has 0 saturated carbocycles. The summed E-state index contributed by atoms with van der Waals surface area (Å²) in [6, 6.07) is 16.1. The van der Waals surface area contributed by atoms with Crippen LogP contribution in [0.25, 0.3) is 11.0 Å². The van der Waals surface area contributed by atoms with Gasteiger partial charge in [0.2, 0.25) is 5.91 Å². The summed E-state index contributed by atoms with van der Waals surface area (Å²) < 4.78 is 8.03. The molecule has 0 aliphatic carbocycles. The van der Waals surface area contributed by atoms with Crippen molar-refractivity contribution in [2.45, 2.75) is 46.2 Å². The molecule has 0 bridgehead atoms. The van der Waals surface area contributed by atoms with Crippen molar-refractivity contribution in [3.8, 4) is 5.75 Å². The van der Waals surface area contributed by atoms with Gasteiger partial charge in [0, 0.05) is 13.5 Å². The Kier molecular flexibility index (Phi) is 6.12. The molecule has 0 spiro atoms. The summed E-state index contributed by atoms with van der Waals surface area (Å²) in [5.74, 6) is 1.76. The van der Waals surface area contributed by atoms with Crippen molar-refractivity contribution in [1.29, 1.82) is 0 Å². The van der Waals surface area contributed by atoms with Gasteiger partial charge in [0.15, 0.2) is 0 Å². The Morgan fingerprint density at radius 3 is 2.63 bits per heavy atom. The number of para-hydroxylation sites is 2. The van der Waals surface area contributed by atoms with Crippen molar-refractivity contribution in [3.05, 3.63) is 59.9 Å². The number of aryl methyl sites for hydroxylation is 2. The molecule has 1 N–H and O–H groups in total. The number of nitrogens with zero attached hydrogens (tertiary/aromatic N) is 2. The smallest absolute Gasteiger partial charge is 0.217 e. The molecule has 5 nitrogen and oxygen atoms in total. The molecule has 0 radical (unpaired) electrons. The van der Waals surface area contributed by atoms with E-state index in [1.807, 2.05) is 37.3 Å². The van der Waals surface area contributed by atoms with Gasteiger partial charge in [-0.1, -0.05) is 29.8 Å². The van der Waals surface area contributed by atoms with E-state index in [-0.39, 0.29) is 11.9 Å². The predicted molar refractivity (Wildman–Crippen MR) is 108 cm³/mol. The standard InChI is InChI=1S/C22H27N3O2/c1-16-10-12-19(13-11-16)27-15-7-6-14-25-21-9-5-4-8-20(21)24-22(25)17(2)23-18(3)26/h4-5,8-13,17H,6-7,14-15H2,1-3H3,(H,23,26). The van der Waals surface area contributed by atoms with Crippen LogP contribution < -0.4 is 10.1 Å². The first-order valence-electron chi connectivity index (χ1n) is 9.46. The number of unbranched alkanes of at least 4 members (excludes halogenated alkanes) is 1. The molecule has 3 rings (SSSR count). The SMILES string of the molecule is CC(=O)NC(C)c1nc2ccccc2n1CCCCOc1ccc(C)cc1. The van der Waals surface area contributed by atoms with Gasteiger partial charge in [-0.2, -0.15) is 0 Å². The summed E-state index contributed by atoms with van der Waals surface area (Å²) in [5.41, 5.74) is 3.29. The van der Waals surface area contributed by atoms with E-state index in [1.165, 1.54) is 12.5 Å². The summed E-state index contributed by atoms with van der Waals surface area (Å²) >= 11 is 0. The van der Waals surface area contributed by atoms with E-state index in [0.29, 0.717) is 6.61 Å². The van der Waals surface area contributed by atoms with Gasteiger partial charge >= 0.3 is 0 Å². The molecular weight excluding hydrogens is 338 g/mol. The molecular formula is C22H27N3O2. The van der Waals surface area contributed by atoms with Gasteiger partial charge in [-0.3, -0.25) is 4.79 Å². The molecule has 0 aliphatic heterocycles. The van der Waals surface area contributed by atoms with E-state index in [1.54, 1.807) is 0 Å². The molecule has 27 heavy (non-hydrogen) atoms. The van der Waals surface area contributed by atoms with Crippen molar-refractivity contribution in [1.82, 2.24) is 14.9 Å². The van der Waals surface area contributed by atoms with Crippen LogP contribution in [-0.4, -0.2) is 22.1 Å². The quantitative estimate of drug-likeness (QED) is 0.602. The van der Waals surface area contributed by atoms with Gasteiger partial charge < -0.3 is 14.6 Å². The number of fused-ring (bicyclic) bond motifs is 1. The van der Waals surface area contributed by atoms with Crippen LogP contribution in [0.1, 0.15) is 44.1 Å². The second-order valence-electron chi connectivity index (χ2n) is 6.90. The number of nitrogens with one attached hydrogen (secondary N) is 1. The highest BCUT2D eigenvalue weighted by Crippen LogP contribution is 2.21. The van der Waals surface area contributed by atoms with Gasteiger partial charge in [-0.25, -0.2) is 4.98 Å². The molecule has 2 aromatic carbocycles. The maximum absolute atomic E-state index is 11.4. The Labute approximate surface area is 160 Å². The number of carbonyl (C=O) groups is 1. The van der Waals surface area contributed by atoms with E-state index in [4.69, 9.17) is 9.72 Å². The molecule has 1 amide bonds. The van der Waals surface area contributed by atoms with Gasteiger partial charge in [0.05, 0.1) is 23.7 Å². The van der Waals surface area contributed by atoms with Gasteiger partial charge in [0.1, 0.15) is 11.6 Å². The zero-order chi connectivity index (χ0) is 19.2. The van der Waals surface area contributed by atoms with Gasteiger partial charge in [0.25, 0.3) is 0 Å². The monoisotopic (exact) mass is 365 g/mol. The van der Waals surface area contributed by atoms with Crippen LogP contribution in [0.3, 0.4) is 0 Å². The van der Waals surface area contributed by atoms with Crippen LogP contribution in [0.2, 0.25) is 0 Å². The number of ether oxygens (including phenoxy) is 1. The third-order valence-corrected chi connectivity index (χ3v) is 4.56. The Bertz CT molecular complexity index is 900. The van der Waals surface area contributed by atoms with Crippen molar-refractivity contribution in [3.63, 3.8) is 0 Å². The summed E-state index contributed by atoms with van der Waals surface area (Å²) in [4.78, 5) is 16.2. The Morgan fingerprint density at radius 1 is 1.15 bits per heavy atom. The first-order valence-corrected chi connectivity index (χ1v) is 9.46. The molecule has 142 valence electrons. The topological polar surface area (TPSA) is 56.2 Å². The second-order valence-corrected chi connectivity index (χ2v) is 6.90. The average molecular weight is 365 g/mol. The van der Waals surface area contributed by atoms with Gasteiger partial charge in [-0.15, -0.1) is 0 Å². The number of amides is 1. The molecule has 3 aromatic rings. The number of aromatic nitrogens is 2. The Morgan fingerprint density at radius 2 is 1.89 bits per heavy atom. The molecule has 1 heterocycles. The number of benzene rings is 2. The lowest BCUT2D eigenvalue weighted by atomic mass is 10.2. The highest BCUT2D eigenvalue weighted by molar-refractivity contribution is 5.77. The minimum absolute atomic E-state index is 0.0485. The van der Waals surface area contributed by atoms with E-state index in [2.05, 4.69) is 35.0 Å². The summed E-state index contributed by atoms with van der Waals surface area (Å²) in [6.07, 6.45) is 1.93. The summed E-state index contributed by atoms with van der Waals surface area (Å²) in [7, 11) is 0. The van der Waals surface area contributed by atoms with Crippen molar-refractivity contribution >= 4 is 16.9 Å². The molecule has 0 aliphatic rings. The van der Waals surface area contributed by atoms with Gasteiger partial charge in [-0.05, 0) is 51.0 Å². The number of imidazole rings is 1. The first kappa shape index (κ1) is 19.0. The lowest BCUT2D eigenvalue weighted by molar-refractivity contribution is -0.119. The van der Waals surface area contributed by atoms with Crippen LogP contribution in [0.4, 0.5) is 0 Å². The fourth-order valence-corrected chi connectivity index (χ4v) is 3.23. The minimum Gasteiger partial charge on any atom is -0.494 e. The Hall–Kier alpha value is -2.82. The van der Waals surface area contributed by atoms with Crippen LogP contribution >= 0.6 is 0 Å². The minimum atomic E-state index is -0.126. The lowest BCUT2D eigenvalue weighted by Gasteiger charge is -2.15. The van der Waals surface area contributed by atoms with Crippen molar-refractivity contribution in [2.75, 3.05) is 6.61 Å². The predicted octanol–water partition coefficient (Wildman–Crippen LogP) is 4.40. The highest BCUT2D eigenvalue weighted by Gasteiger charge is 2.16. The van der Waals surface area contributed by atoms with E-state index < -0.39 is 0 Å². The molecule has 5 heteroatoms. The maximum Gasteiger partial charge on any atom is 0.217 e.